The van der Waals surface area contributed by atoms with Crippen LogP contribution in [0.15, 0.2) is 0 Å². The highest BCUT2D eigenvalue weighted by molar-refractivity contribution is 5.79. The van der Waals surface area contributed by atoms with Gasteiger partial charge in [0, 0.05) is 18.0 Å². The number of ether oxygens (including phenoxy) is 1. The third-order valence-electron chi connectivity index (χ3n) is 3.79. The first-order valence-corrected chi connectivity index (χ1v) is 6.09. The van der Waals surface area contributed by atoms with E-state index in [4.69, 9.17) is 4.74 Å². The van der Waals surface area contributed by atoms with Gasteiger partial charge in [-0.1, -0.05) is 0 Å². The molecule has 2 fully saturated rings. The summed E-state index contributed by atoms with van der Waals surface area (Å²) in [5, 5.41) is 0. The number of carbonyl (C=O) groups excluding carboxylic acids is 2. The van der Waals surface area contributed by atoms with Gasteiger partial charge in [0.05, 0.1) is 6.61 Å². The van der Waals surface area contributed by atoms with Crippen LogP contribution in [0.4, 0.5) is 4.79 Å². The van der Waals surface area contributed by atoms with E-state index in [1.807, 2.05) is 11.8 Å². The lowest BCUT2D eigenvalue weighted by molar-refractivity contribution is -0.122. The molecule has 0 aliphatic carbocycles. The number of nitrogens with zero attached hydrogens (tertiary/aromatic N) is 1. The molecule has 2 unspecified atom stereocenters. The Balaban J connectivity index is 2.05. The lowest BCUT2D eigenvalue weighted by Gasteiger charge is -2.37. The zero-order chi connectivity index (χ0) is 11.7. The number of hydrogen-bond acceptors (Lipinski definition) is 3. The van der Waals surface area contributed by atoms with Gasteiger partial charge in [-0.25, -0.2) is 4.79 Å². The molecule has 2 aliphatic rings. The minimum atomic E-state index is -0.197. The number of ketones is 1. The predicted octanol–water partition coefficient (Wildman–Crippen LogP) is 1.97. The molecule has 2 aliphatic heterocycles. The van der Waals surface area contributed by atoms with Crippen molar-refractivity contribution in [1.29, 1.82) is 0 Å². The third kappa shape index (κ3) is 1.93. The van der Waals surface area contributed by atoms with E-state index in [2.05, 4.69) is 0 Å². The van der Waals surface area contributed by atoms with E-state index in [0.717, 1.165) is 25.7 Å². The largest absolute Gasteiger partial charge is 0.450 e. The fourth-order valence-corrected chi connectivity index (χ4v) is 3.01. The molecule has 0 saturated carbocycles. The fourth-order valence-electron chi connectivity index (χ4n) is 3.01. The zero-order valence-electron chi connectivity index (χ0n) is 9.94. The van der Waals surface area contributed by atoms with E-state index < -0.39 is 0 Å². The number of piperidine rings is 1. The Hall–Kier alpha value is -1.06. The molecule has 0 aromatic heterocycles. The van der Waals surface area contributed by atoms with Crippen molar-refractivity contribution in [2.24, 2.45) is 5.92 Å². The molecule has 4 heteroatoms. The molecule has 90 valence electrons. The van der Waals surface area contributed by atoms with Crippen molar-refractivity contribution in [2.45, 2.75) is 51.6 Å². The van der Waals surface area contributed by atoms with E-state index in [1.165, 1.54) is 0 Å². The lowest BCUT2D eigenvalue weighted by atomic mass is 9.88. The van der Waals surface area contributed by atoms with Gasteiger partial charge in [-0.05, 0) is 39.5 Å². The highest BCUT2D eigenvalue weighted by atomic mass is 16.6. The van der Waals surface area contributed by atoms with Crippen LogP contribution >= 0.6 is 0 Å². The van der Waals surface area contributed by atoms with Gasteiger partial charge in [-0.3, -0.25) is 4.79 Å². The van der Waals surface area contributed by atoms with E-state index >= 15 is 0 Å². The van der Waals surface area contributed by atoms with E-state index in [0.29, 0.717) is 6.61 Å². The summed E-state index contributed by atoms with van der Waals surface area (Å²) >= 11 is 0. The van der Waals surface area contributed by atoms with Crippen LogP contribution < -0.4 is 0 Å². The Bertz CT molecular complexity index is 289. The number of carbonyl (C=O) groups is 2. The highest BCUT2D eigenvalue weighted by Gasteiger charge is 2.44. The van der Waals surface area contributed by atoms with Crippen LogP contribution in [0.1, 0.15) is 39.5 Å². The van der Waals surface area contributed by atoms with Crippen molar-refractivity contribution in [2.75, 3.05) is 6.61 Å². The van der Waals surface area contributed by atoms with Gasteiger partial charge in [0.25, 0.3) is 0 Å². The average molecular weight is 225 g/mol. The lowest BCUT2D eigenvalue weighted by Crippen LogP contribution is -2.47. The maximum atomic E-state index is 11.8. The summed E-state index contributed by atoms with van der Waals surface area (Å²) in [6.07, 6.45) is 3.49. The second-order valence-corrected chi connectivity index (χ2v) is 4.77. The van der Waals surface area contributed by atoms with Crippen molar-refractivity contribution in [3.8, 4) is 0 Å². The molecule has 0 radical (unpaired) electrons. The third-order valence-corrected chi connectivity index (χ3v) is 3.79. The van der Waals surface area contributed by atoms with E-state index in [9.17, 15) is 9.59 Å². The smallest absolute Gasteiger partial charge is 0.410 e. The molecule has 2 bridgehead atoms. The molecular weight excluding hydrogens is 206 g/mol. The Morgan fingerprint density at radius 3 is 2.25 bits per heavy atom. The Morgan fingerprint density at radius 1 is 1.25 bits per heavy atom. The van der Waals surface area contributed by atoms with Crippen molar-refractivity contribution in [3.05, 3.63) is 0 Å². The molecule has 4 nitrogen and oxygen atoms in total. The molecule has 2 atom stereocenters. The molecule has 2 saturated heterocycles. The van der Waals surface area contributed by atoms with E-state index in [-0.39, 0.29) is 29.9 Å². The van der Waals surface area contributed by atoms with Crippen molar-refractivity contribution in [1.82, 2.24) is 4.90 Å². The van der Waals surface area contributed by atoms with Crippen LogP contribution in [0.2, 0.25) is 0 Å². The van der Waals surface area contributed by atoms with Crippen molar-refractivity contribution in [3.63, 3.8) is 0 Å². The quantitative estimate of drug-likeness (QED) is 0.722. The number of rotatable bonds is 2. The molecule has 16 heavy (non-hydrogen) atoms. The van der Waals surface area contributed by atoms with Gasteiger partial charge < -0.3 is 9.64 Å². The Kier molecular flexibility index (Phi) is 3.17. The monoisotopic (exact) mass is 225 g/mol. The van der Waals surface area contributed by atoms with Crippen molar-refractivity contribution >= 4 is 11.9 Å². The first-order chi connectivity index (χ1) is 7.63. The number of fused-ring (bicyclic) bond motifs is 2. The summed E-state index contributed by atoms with van der Waals surface area (Å²) in [7, 11) is 0. The average Bonchev–Trinajstić information content (AvgIpc) is 2.49. The summed E-state index contributed by atoms with van der Waals surface area (Å²) in [5.41, 5.74) is 0. The van der Waals surface area contributed by atoms with E-state index in [1.54, 1.807) is 6.92 Å². The molecule has 2 rings (SSSR count). The van der Waals surface area contributed by atoms with Crippen LogP contribution in [-0.4, -0.2) is 35.5 Å². The van der Waals surface area contributed by atoms with Crippen LogP contribution in [0, 0.1) is 5.92 Å². The first kappa shape index (κ1) is 11.4. The maximum Gasteiger partial charge on any atom is 0.410 e. The number of amides is 1. The van der Waals surface area contributed by atoms with Gasteiger partial charge in [-0.2, -0.15) is 0 Å². The summed E-state index contributed by atoms with van der Waals surface area (Å²) in [6, 6.07) is 0.457. The summed E-state index contributed by atoms with van der Waals surface area (Å²) in [4.78, 5) is 25.0. The predicted molar refractivity (Wildman–Crippen MR) is 59.1 cm³/mol. The topological polar surface area (TPSA) is 46.6 Å². The molecule has 1 amide bonds. The number of Topliss-reactive ketones (excluding diaryl/α,β-unsaturated/α-hetero) is 1. The molecule has 0 aromatic carbocycles. The Morgan fingerprint density at radius 2 is 1.81 bits per heavy atom. The minimum absolute atomic E-state index is 0.156. The summed E-state index contributed by atoms with van der Waals surface area (Å²) in [5.74, 6) is 0.420. The van der Waals surface area contributed by atoms with Crippen LogP contribution in [0.3, 0.4) is 0 Å². The van der Waals surface area contributed by atoms with Crippen molar-refractivity contribution < 1.29 is 14.3 Å². The van der Waals surface area contributed by atoms with Crippen LogP contribution in [-0.2, 0) is 9.53 Å². The molecule has 0 aromatic rings. The van der Waals surface area contributed by atoms with Crippen LogP contribution in [0.25, 0.3) is 0 Å². The van der Waals surface area contributed by atoms with Crippen LogP contribution in [0.5, 0.6) is 0 Å². The minimum Gasteiger partial charge on any atom is -0.450 e. The molecular formula is C12H19NO3. The van der Waals surface area contributed by atoms with Gasteiger partial charge in [0.2, 0.25) is 0 Å². The summed E-state index contributed by atoms with van der Waals surface area (Å²) < 4.78 is 5.06. The molecule has 2 heterocycles. The number of hydrogen-bond donors (Lipinski definition) is 0. The SMILES string of the molecule is CCOC(=O)N1C2CCC1CC(C(C)=O)C2. The first-order valence-electron chi connectivity index (χ1n) is 6.09. The van der Waals surface area contributed by atoms with Gasteiger partial charge in [-0.15, -0.1) is 0 Å². The summed E-state index contributed by atoms with van der Waals surface area (Å²) in [6.45, 7) is 3.90. The maximum absolute atomic E-state index is 11.8. The molecule has 0 spiro atoms. The normalized spacial score (nSPS) is 32.6. The van der Waals surface area contributed by atoms with Gasteiger partial charge in [0.1, 0.15) is 5.78 Å². The highest BCUT2D eigenvalue weighted by Crippen LogP contribution is 2.39. The standard InChI is InChI=1S/C12H19NO3/c1-3-16-12(15)13-10-4-5-11(13)7-9(6-10)8(2)14/h9-11H,3-7H2,1-2H3. The van der Waals surface area contributed by atoms with Gasteiger partial charge >= 0.3 is 6.09 Å². The fraction of sp³-hybridized carbons (Fsp3) is 0.833. The second-order valence-electron chi connectivity index (χ2n) is 4.77. The molecule has 0 N–H and O–H groups in total. The second kappa shape index (κ2) is 4.44. The Labute approximate surface area is 95.9 Å². The van der Waals surface area contributed by atoms with Gasteiger partial charge in [0.15, 0.2) is 0 Å². The zero-order valence-corrected chi connectivity index (χ0v) is 9.94.